The summed E-state index contributed by atoms with van der Waals surface area (Å²) in [5.41, 5.74) is -0.0583. The minimum Gasteiger partial charge on any atom is -0.373 e. The Morgan fingerprint density at radius 1 is 1.30 bits per heavy atom. The molecule has 0 aromatic rings. The van der Waals surface area contributed by atoms with Crippen LogP contribution in [0, 0.1) is 5.92 Å². The molecule has 2 rings (SSSR count). The van der Waals surface area contributed by atoms with Gasteiger partial charge in [-0.2, -0.15) is 0 Å². The molecule has 0 unspecified atom stereocenters. The fraction of sp³-hybridized carbons (Fsp3) is 0.938. The first-order chi connectivity index (χ1) is 10.1. The molecule has 2 fully saturated rings. The van der Waals surface area contributed by atoms with Crippen molar-refractivity contribution in [3.05, 3.63) is 0 Å². The van der Waals surface area contributed by atoms with Gasteiger partial charge in [0, 0.05) is 32.6 Å². The van der Waals surface area contributed by atoms with E-state index in [4.69, 9.17) is 4.74 Å². The van der Waals surface area contributed by atoms with E-state index < -0.39 is 0 Å². The standard InChI is InChI=1S/C16H31N3O2.2ClH/c1-16(2)13-19(11-12-21-16)10-9-18-15(20)4-3-14-5-7-17-8-6-14;;/h14,17H,3-13H2,1-2H3,(H,18,20);2*1H. The summed E-state index contributed by atoms with van der Waals surface area (Å²) >= 11 is 0. The molecule has 0 bridgehead atoms. The SMILES string of the molecule is CC1(C)CN(CCNC(=O)CCC2CCNCC2)CCO1.Cl.Cl. The van der Waals surface area contributed by atoms with Crippen LogP contribution in [-0.4, -0.2) is 62.3 Å². The summed E-state index contributed by atoms with van der Waals surface area (Å²) in [5.74, 6) is 0.943. The van der Waals surface area contributed by atoms with Gasteiger partial charge in [-0.1, -0.05) is 0 Å². The molecule has 2 heterocycles. The molecular weight excluding hydrogens is 337 g/mol. The van der Waals surface area contributed by atoms with Crippen molar-refractivity contribution in [1.29, 1.82) is 0 Å². The molecular formula is C16H33Cl2N3O2. The Labute approximate surface area is 153 Å². The number of ether oxygens (including phenoxy) is 1. The van der Waals surface area contributed by atoms with Crippen molar-refractivity contribution in [2.75, 3.05) is 45.9 Å². The van der Waals surface area contributed by atoms with Crippen molar-refractivity contribution in [3.63, 3.8) is 0 Å². The third kappa shape index (κ3) is 9.11. The molecule has 2 aliphatic rings. The van der Waals surface area contributed by atoms with Crippen LogP contribution in [0.5, 0.6) is 0 Å². The normalized spacial score (nSPS) is 21.8. The van der Waals surface area contributed by atoms with Crippen LogP contribution in [0.15, 0.2) is 0 Å². The van der Waals surface area contributed by atoms with Gasteiger partial charge in [0.2, 0.25) is 5.91 Å². The van der Waals surface area contributed by atoms with E-state index in [2.05, 4.69) is 29.4 Å². The maximum atomic E-state index is 11.9. The Morgan fingerprint density at radius 3 is 2.65 bits per heavy atom. The van der Waals surface area contributed by atoms with E-state index in [0.717, 1.165) is 58.2 Å². The van der Waals surface area contributed by atoms with E-state index in [-0.39, 0.29) is 36.3 Å². The zero-order valence-corrected chi connectivity index (χ0v) is 16.1. The minimum atomic E-state index is -0.0583. The quantitative estimate of drug-likeness (QED) is 0.749. The Kier molecular flexibility index (Phi) is 11.4. The van der Waals surface area contributed by atoms with Crippen molar-refractivity contribution in [3.8, 4) is 0 Å². The molecule has 1 amide bonds. The van der Waals surface area contributed by atoms with Gasteiger partial charge in [-0.05, 0) is 52.1 Å². The maximum absolute atomic E-state index is 11.9. The highest BCUT2D eigenvalue weighted by Gasteiger charge is 2.26. The lowest BCUT2D eigenvalue weighted by Gasteiger charge is -2.38. The number of hydrogen-bond acceptors (Lipinski definition) is 4. The van der Waals surface area contributed by atoms with E-state index in [1.54, 1.807) is 0 Å². The first-order valence-corrected chi connectivity index (χ1v) is 8.39. The molecule has 7 heteroatoms. The second-order valence-electron chi connectivity index (χ2n) is 6.97. The molecule has 2 saturated heterocycles. The van der Waals surface area contributed by atoms with E-state index in [9.17, 15) is 4.79 Å². The molecule has 23 heavy (non-hydrogen) atoms. The van der Waals surface area contributed by atoms with Gasteiger partial charge in [0.25, 0.3) is 0 Å². The van der Waals surface area contributed by atoms with Crippen LogP contribution >= 0.6 is 24.8 Å². The van der Waals surface area contributed by atoms with Crippen molar-refractivity contribution < 1.29 is 9.53 Å². The van der Waals surface area contributed by atoms with E-state index in [1.165, 1.54) is 12.8 Å². The molecule has 138 valence electrons. The number of morpholine rings is 1. The van der Waals surface area contributed by atoms with Gasteiger partial charge >= 0.3 is 0 Å². The average Bonchev–Trinajstić information content (AvgIpc) is 2.45. The summed E-state index contributed by atoms with van der Waals surface area (Å²) in [5, 5.41) is 6.42. The number of halogens is 2. The summed E-state index contributed by atoms with van der Waals surface area (Å²) < 4.78 is 5.69. The highest BCUT2D eigenvalue weighted by molar-refractivity contribution is 5.85. The van der Waals surface area contributed by atoms with Crippen LogP contribution in [-0.2, 0) is 9.53 Å². The predicted octanol–water partition coefficient (Wildman–Crippen LogP) is 1.84. The van der Waals surface area contributed by atoms with Crippen LogP contribution in [0.2, 0.25) is 0 Å². The van der Waals surface area contributed by atoms with Crippen LogP contribution in [0.3, 0.4) is 0 Å². The molecule has 0 aromatic heterocycles. The van der Waals surface area contributed by atoms with Gasteiger partial charge in [0.1, 0.15) is 0 Å². The lowest BCUT2D eigenvalue weighted by Crippen LogP contribution is -2.50. The summed E-state index contributed by atoms with van der Waals surface area (Å²) in [7, 11) is 0. The molecule has 0 atom stereocenters. The zero-order valence-electron chi connectivity index (χ0n) is 14.4. The van der Waals surface area contributed by atoms with E-state index >= 15 is 0 Å². The van der Waals surface area contributed by atoms with Gasteiger partial charge < -0.3 is 15.4 Å². The van der Waals surface area contributed by atoms with Gasteiger partial charge in [0.15, 0.2) is 0 Å². The average molecular weight is 370 g/mol. The van der Waals surface area contributed by atoms with E-state index in [0.29, 0.717) is 6.42 Å². The number of nitrogens with zero attached hydrogens (tertiary/aromatic N) is 1. The van der Waals surface area contributed by atoms with Crippen molar-refractivity contribution in [2.45, 2.75) is 45.1 Å². The molecule has 0 aromatic carbocycles. The van der Waals surface area contributed by atoms with Crippen LogP contribution in [0.25, 0.3) is 0 Å². The number of carbonyl (C=O) groups is 1. The highest BCUT2D eigenvalue weighted by atomic mass is 35.5. The van der Waals surface area contributed by atoms with Crippen molar-refractivity contribution in [2.24, 2.45) is 5.92 Å². The zero-order chi connectivity index (χ0) is 15.1. The lowest BCUT2D eigenvalue weighted by molar-refractivity contribution is -0.121. The summed E-state index contributed by atoms with van der Waals surface area (Å²) in [6.07, 6.45) is 4.16. The number of hydrogen-bond donors (Lipinski definition) is 2. The Balaban J connectivity index is 0.00000242. The summed E-state index contributed by atoms with van der Waals surface area (Å²) in [6, 6.07) is 0. The minimum absolute atomic E-state index is 0. The third-order valence-corrected chi connectivity index (χ3v) is 4.49. The van der Waals surface area contributed by atoms with Crippen molar-refractivity contribution in [1.82, 2.24) is 15.5 Å². The van der Waals surface area contributed by atoms with Gasteiger partial charge in [-0.3, -0.25) is 9.69 Å². The number of rotatable bonds is 6. The first-order valence-electron chi connectivity index (χ1n) is 8.39. The number of carbonyl (C=O) groups excluding carboxylic acids is 1. The Bertz CT molecular complexity index is 337. The van der Waals surface area contributed by atoms with Crippen LogP contribution in [0.1, 0.15) is 39.5 Å². The van der Waals surface area contributed by atoms with E-state index in [1.807, 2.05) is 0 Å². The van der Waals surface area contributed by atoms with Crippen LogP contribution < -0.4 is 10.6 Å². The molecule has 0 saturated carbocycles. The summed E-state index contributed by atoms with van der Waals surface area (Å²) in [4.78, 5) is 14.3. The molecule has 0 radical (unpaired) electrons. The number of amides is 1. The van der Waals surface area contributed by atoms with Crippen molar-refractivity contribution >= 4 is 30.7 Å². The molecule has 0 aliphatic carbocycles. The third-order valence-electron chi connectivity index (χ3n) is 4.49. The fourth-order valence-corrected chi connectivity index (χ4v) is 3.25. The summed E-state index contributed by atoms with van der Waals surface area (Å²) in [6.45, 7) is 10.8. The highest BCUT2D eigenvalue weighted by Crippen LogP contribution is 2.17. The number of nitrogens with one attached hydrogen (secondary N) is 2. The second-order valence-corrected chi connectivity index (χ2v) is 6.97. The largest absolute Gasteiger partial charge is 0.373 e. The predicted molar refractivity (Wildman–Crippen MR) is 98.8 cm³/mol. The number of piperidine rings is 1. The van der Waals surface area contributed by atoms with Gasteiger partial charge in [-0.15, -0.1) is 24.8 Å². The molecule has 5 nitrogen and oxygen atoms in total. The lowest BCUT2D eigenvalue weighted by atomic mass is 9.93. The smallest absolute Gasteiger partial charge is 0.220 e. The fourth-order valence-electron chi connectivity index (χ4n) is 3.25. The van der Waals surface area contributed by atoms with Gasteiger partial charge in [0.05, 0.1) is 12.2 Å². The topological polar surface area (TPSA) is 53.6 Å². The Hall–Kier alpha value is -0.0700. The Morgan fingerprint density at radius 2 is 2.00 bits per heavy atom. The first kappa shape index (κ1) is 22.9. The van der Waals surface area contributed by atoms with Gasteiger partial charge in [-0.25, -0.2) is 0 Å². The molecule has 2 N–H and O–H groups in total. The van der Waals surface area contributed by atoms with Crippen LogP contribution in [0.4, 0.5) is 0 Å². The maximum Gasteiger partial charge on any atom is 0.220 e. The second kappa shape index (κ2) is 11.5. The monoisotopic (exact) mass is 369 g/mol. The molecule has 2 aliphatic heterocycles. The molecule has 0 spiro atoms.